The molecule has 0 saturated carbocycles. The van der Waals surface area contributed by atoms with Gasteiger partial charge >= 0.3 is 0 Å². The second-order valence-electron chi connectivity index (χ2n) is 6.90. The molecule has 0 radical (unpaired) electrons. The Labute approximate surface area is 177 Å². The first-order chi connectivity index (χ1) is 14.6. The third-order valence-corrected chi connectivity index (χ3v) is 3.94. The Balaban J connectivity index is 1.46. The summed E-state index contributed by atoms with van der Waals surface area (Å²) < 4.78 is 11.4. The molecule has 3 aromatic rings. The highest BCUT2D eigenvalue weighted by molar-refractivity contribution is 5.53. The number of benzene rings is 2. The maximum atomic E-state index is 5.82. The van der Waals surface area contributed by atoms with Gasteiger partial charge in [0, 0.05) is 6.07 Å². The summed E-state index contributed by atoms with van der Waals surface area (Å²) >= 11 is 0. The lowest BCUT2D eigenvalue weighted by Gasteiger charge is -2.09. The van der Waals surface area contributed by atoms with Crippen LogP contribution in [0.15, 0.2) is 91.3 Å². The SMILES string of the molecule is C=C(C=Cc1ccc(Oc2ccc(OC(C)C)nc2)cc1)NOCc1ccccc1. The van der Waals surface area contributed by atoms with Crippen LogP contribution >= 0.6 is 0 Å². The fourth-order valence-electron chi connectivity index (χ4n) is 2.54. The molecule has 0 atom stereocenters. The predicted octanol–water partition coefficient (Wildman–Crippen LogP) is 5.91. The van der Waals surface area contributed by atoms with Gasteiger partial charge in [0.25, 0.3) is 0 Å². The van der Waals surface area contributed by atoms with Crippen LogP contribution in [0.25, 0.3) is 6.08 Å². The number of ether oxygens (including phenoxy) is 2. The number of pyridine rings is 1. The summed E-state index contributed by atoms with van der Waals surface area (Å²) in [6, 6.07) is 21.3. The molecule has 0 aliphatic rings. The van der Waals surface area contributed by atoms with Crippen molar-refractivity contribution in [2.24, 2.45) is 0 Å². The van der Waals surface area contributed by atoms with Crippen molar-refractivity contribution in [3.8, 4) is 17.4 Å². The van der Waals surface area contributed by atoms with E-state index >= 15 is 0 Å². The third kappa shape index (κ3) is 7.11. The minimum atomic E-state index is 0.0894. The lowest BCUT2D eigenvalue weighted by Crippen LogP contribution is -2.11. The van der Waals surface area contributed by atoms with Crippen LogP contribution in [0.5, 0.6) is 17.4 Å². The molecule has 3 rings (SSSR count). The maximum Gasteiger partial charge on any atom is 0.213 e. The minimum absolute atomic E-state index is 0.0894. The molecule has 1 aromatic heterocycles. The second-order valence-corrected chi connectivity index (χ2v) is 6.90. The molecule has 154 valence electrons. The fourth-order valence-corrected chi connectivity index (χ4v) is 2.54. The summed E-state index contributed by atoms with van der Waals surface area (Å²) in [5.41, 5.74) is 5.62. The number of nitrogens with zero attached hydrogens (tertiary/aromatic N) is 1. The van der Waals surface area contributed by atoms with Crippen molar-refractivity contribution < 1.29 is 14.3 Å². The van der Waals surface area contributed by atoms with E-state index in [0.29, 0.717) is 23.9 Å². The average molecular weight is 402 g/mol. The summed E-state index contributed by atoms with van der Waals surface area (Å²) in [6.07, 6.45) is 5.55. The van der Waals surface area contributed by atoms with E-state index in [0.717, 1.165) is 16.9 Å². The van der Waals surface area contributed by atoms with Crippen LogP contribution in [-0.2, 0) is 11.4 Å². The first-order valence-corrected chi connectivity index (χ1v) is 9.78. The van der Waals surface area contributed by atoms with Gasteiger partial charge in [-0.1, -0.05) is 55.1 Å². The van der Waals surface area contributed by atoms with Crippen molar-refractivity contribution in [1.29, 1.82) is 0 Å². The minimum Gasteiger partial charge on any atom is -0.475 e. The van der Waals surface area contributed by atoms with E-state index in [1.54, 1.807) is 12.3 Å². The number of allylic oxidation sites excluding steroid dienone is 1. The molecule has 30 heavy (non-hydrogen) atoms. The van der Waals surface area contributed by atoms with Crippen LogP contribution in [0.1, 0.15) is 25.0 Å². The summed E-state index contributed by atoms with van der Waals surface area (Å²) in [5.74, 6) is 1.97. The Morgan fingerprint density at radius 1 is 1.00 bits per heavy atom. The molecule has 0 saturated heterocycles. The van der Waals surface area contributed by atoms with Crippen LogP contribution < -0.4 is 15.0 Å². The lowest BCUT2D eigenvalue weighted by atomic mass is 10.2. The number of hydrogen-bond donors (Lipinski definition) is 1. The van der Waals surface area contributed by atoms with Crippen molar-refractivity contribution in [1.82, 2.24) is 10.5 Å². The van der Waals surface area contributed by atoms with Crippen LogP contribution in [0, 0.1) is 0 Å². The molecule has 2 aromatic carbocycles. The normalized spacial score (nSPS) is 10.9. The van der Waals surface area contributed by atoms with Crippen LogP contribution in [0.4, 0.5) is 0 Å². The largest absolute Gasteiger partial charge is 0.475 e. The zero-order valence-electron chi connectivity index (χ0n) is 17.2. The van der Waals surface area contributed by atoms with E-state index < -0.39 is 0 Å². The molecule has 0 unspecified atom stereocenters. The van der Waals surface area contributed by atoms with Gasteiger partial charge in [0.15, 0.2) is 0 Å². The summed E-state index contributed by atoms with van der Waals surface area (Å²) in [5, 5.41) is 0. The van der Waals surface area contributed by atoms with Crippen molar-refractivity contribution in [2.75, 3.05) is 0 Å². The van der Waals surface area contributed by atoms with E-state index in [1.807, 2.05) is 86.7 Å². The predicted molar refractivity (Wildman–Crippen MR) is 119 cm³/mol. The zero-order valence-corrected chi connectivity index (χ0v) is 17.2. The van der Waals surface area contributed by atoms with Crippen LogP contribution in [0.3, 0.4) is 0 Å². The average Bonchev–Trinajstić information content (AvgIpc) is 2.75. The first-order valence-electron chi connectivity index (χ1n) is 9.78. The Kier molecular flexibility index (Phi) is 7.64. The number of hydrogen-bond acceptors (Lipinski definition) is 5. The van der Waals surface area contributed by atoms with Gasteiger partial charge in [0.2, 0.25) is 5.88 Å². The van der Waals surface area contributed by atoms with Gasteiger partial charge in [-0.25, -0.2) is 4.98 Å². The van der Waals surface area contributed by atoms with Crippen molar-refractivity contribution in [3.05, 3.63) is 102 Å². The fraction of sp³-hybridized carbons (Fsp3) is 0.160. The lowest BCUT2D eigenvalue weighted by molar-refractivity contribution is 0.0520. The molecule has 0 fully saturated rings. The molecule has 0 amide bonds. The van der Waals surface area contributed by atoms with Gasteiger partial charge < -0.3 is 9.47 Å². The molecule has 0 bridgehead atoms. The van der Waals surface area contributed by atoms with Gasteiger partial charge in [0.1, 0.15) is 11.5 Å². The summed E-state index contributed by atoms with van der Waals surface area (Å²) in [7, 11) is 0. The quantitative estimate of drug-likeness (QED) is 0.337. The molecule has 5 nitrogen and oxygen atoms in total. The third-order valence-electron chi connectivity index (χ3n) is 3.94. The molecule has 1 heterocycles. The van der Waals surface area contributed by atoms with Gasteiger partial charge in [-0.3, -0.25) is 10.3 Å². The summed E-state index contributed by atoms with van der Waals surface area (Å²) in [4.78, 5) is 9.69. The Morgan fingerprint density at radius 2 is 1.73 bits per heavy atom. The number of hydroxylamine groups is 1. The number of rotatable bonds is 10. The molecule has 5 heteroatoms. The number of nitrogens with one attached hydrogen (secondary N) is 1. The highest BCUT2D eigenvalue weighted by atomic mass is 16.6. The van der Waals surface area contributed by atoms with E-state index in [-0.39, 0.29) is 6.10 Å². The van der Waals surface area contributed by atoms with E-state index in [4.69, 9.17) is 14.3 Å². The van der Waals surface area contributed by atoms with Crippen molar-refractivity contribution in [3.63, 3.8) is 0 Å². The van der Waals surface area contributed by atoms with Crippen LogP contribution in [-0.4, -0.2) is 11.1 Å². The van der Waals surface area contributed by atoms with E-state index in [1.165, 1.54) is 0 Å². The highest BCUT2D eigenvalue weighted by Gasteiger charge is 2.02. The molecule has 1 N–H and O–H groups in total. The maximum absolute atomic E-state index is 5.82. The van der Waals surface area contributed by atoms with Crippen LogP contribution in [0.2, 0.25) is 0 Å². The molecule has 0 aliphatic carbocycles. The van der Waals surface area contributed by atoms with E-state index in [9.17, 15) is 0 Å². The number of aromatic nitrogens is 1. The van der Waals surface area contributed by atoms with Gasteiger partial charge in [-0.2, -0.15) is 0 Å². The van der Waals surface area contributed by atoms with Crippen molar-refractivity contribution in [2.45, 2.75) is 26.6 Å². The standard InChI is InChI=1S/C25H26N2O3/c1-19(2)29-25-16-15-24(17-26-25)30-23-13-11-21(12-14-23)10-9-20(3)27-28-18-22-7-5-4-6-8-22/h4-17,19,27H,3,18H2,1-2H3. The Morgan fingerprint density at radius 3 is 2.40 bits per heavy atom. The van der Waals surface area contributed by atoms with Gasteiger partial charge in [-0.05, 0) is 49.2 Å². The summed E-state index contributed by atoms with van der Waals surface area (Å²) in [6.45, 7) is 8.33. The molecular weight excluding hydrogens is 376 g/mol. The monoisotopic (exact) mass is 402 g/mol. The zero-order chi connectivity index (χ0) is 21.2. The molecular formula is C25H26N2O3. The topological polar surface area (TPSA) is 52.6 Å². The Bertz CT molecular complexity index is 950. The second kappa shape index (κ2) is 10.8. The Hall–Kier alpha value is -3.57. The first kappa shape index (κ1) is 21.1. The van der Waals surface area contributed by atoms with E-state index in [2.05, 4.69) is 17.0 Å². The van der Waals surface area contributed by atoms with Crippen molar-refractivity contribution >= 4 is 6.08 Å². The smallest absolute Gasteiger partial charge is 0.213 e. The van der Waals surface area contributed by atoms with Gasteiger partial charge in [0.05, 0.1) is 24.6 Å². The molecule has 0 aliphatic heterocycles. The highest BCUT2D eigenvalue weighted by Crippen LogP contribution is 2.23. The molecule has 0 spiro atoms. The van der Waals surface area contributed by atoms with Gasteiger partial charge in [-0.15, -0.1) is 0 Å².